The number of hydrogen-bond acceptors (Lipinski definition) is 14. The number of aliphatic hydroxyl groups is 3. The number of terminal acetylenes is 2. The van der Waals surface area contributed by atoms with Crippen LogP contribution in [0, 0.1) is 71.0 Å². The number of carbonyl (C=O) groups excluding carboxylic acids is 5. The molecule has 70 heavy (non-hydrogen) atoms. The fourth-order valence-electron chi connectivity index (χ4n) is 4.44. The molecule has 406 valence electrons. The molecule has 2 atom stereocenters. The summed E-state index contributed by atoms with van der Waals surface area (Å²) in [5.41, 5.74) is -1.82. The molecular weight excluding hydrogens is 959 g/mol. The van der Waals surface area contributed by atoms with Crippen molar-refractivity contribution in [1.29, 1.82) is 0 Å². The summed E-state index contributed by atoms with van der Waals surface area (Å²) in [4.78, 5) is 55.0. The van der Waals surface area contributed by atoms with Gasteiger partial charge in [0.2, 0.25) is 0 Å². The van der Waals surface area contributed by atoms with Gasteiger partial charge in [0.15, 0.2) is 0 Å². The first-order chi connectivity index (χ1) is 31.1. The molecule has 3 N–H and O–H groups in total. The quantitative estimate of drug-likeness (QED) is 0.0176. The van der Waals surface area contributed by atoms with Gasteiger partial charge in [0.25, 0.3) is 0 Å². The third-order valence-electron chi connectivity index (χ3n) is 9.32. The Labute approximate surface area is 447 Å². The van der Waals surface area contributed by atoms with E-state index in [2.05, 4.69) is 72.4 Å². The molecule has 16 heteroatoms. The van der Waals surface area contributed by atoms with Gasteiger partial charge in [0.05, 0.1) is 82.4 Å². The van der Waals surface area contributed by atoms with E-state index in [1.165, 1.54) is 42.0 Å². The number of rotatable bonds is 19. The van der Waals surface area contributed by atoms with Crippen LogP contribution >= 0.6 is 15.9 Å². The number of carbonyl (C=O) groups is 5. The molecule has 0 bridgehead atoms. The zero-order valence-corrected chi connectivity index (χ0v) is 46.7. The van der Waals surface area contributed by atoms with E-state index in [1.807, 2.05) is 61.5 Å². The standard InChI is InChI=1S/C10H18O4.C10H18O3.C10H16O3.C9H14O2.C5H10O2.C4H5Br.C4H9.2CH4.Li/c1-10(2,9(12)13-3)5-4-7-8(6-11)14-7;2*1-10(2,9(12)13-3)7-5-4-6-8-11;1-5-6-7-9(2,3)8(10)11-4;1-4(2)5(6)7-3;1-2-3-4-5;1-3-4-2;;;/h7-8,11H,4-6H2,1-3H3;4,6,11H,5,7-8H2,1-3H3;11H,5,7-8H2,1-3H3;1H,6-7H2,2-4H3;4H,1-3H3;1H,3-4H2;1,3-4H2,2H3;2*1H4;/q;;;;;;-1;;;+1/b;6-4+;;;;;;;;. The van der Waals surface area contributed by atoms with Crippen molar-refractivity contribution in [3.05, 3.63) is 19.1 Å². The van der Waals surface area contributed by atoms with Crippen molar-refractivity contribution >= 4 is 45.8 Å². The second-order valence-electron chi connectivity index (χ2n) is 17.5. The van der Waals surface area contributed by atoms with Crippen molar-refractivity contribution in [2.24, 2.45) is 27.6 Å². The third kappa shape index (κ3) is 52.5. The molecule has 1 aliphatic rings. The summed E-state index contributed by atoms with van der Waals surface area (Å²) in [6.45, 7) is 24.0. The van der Waals surface area contributed by atoms with Gasteiger partial charge in [0, 0.05) is 24.6 Å². The summed E-state index contributed by atoms with van der Waals surface area (Å²) < 4.78 is 28.1. The summed E-state index contributed by atoms with van der Waals surface area (Å²) in [6, 6.07) is 0. The summed E-state index contributed by atoms with van der Waals surface area (Å²) in [7, 11) is 6.95. The molecule has 1 fully saturated rings. The number of esters is 5. The summed E-state index contributed by atoms with van der Waals surface area (Å²) in [6.07, 6.45) is 22.3. The molecule has 0 spiro atoms. The third-order valence-corrected chi connectivity index (χ3v) is 9.72. The van der Waals surface area contributed by atoms with Crippen molar-refractivity contribution in [2.75, 3.05) is 60.7 Å². The molecule has 0 aromatic rings. The Bertz CT molecular complexity index is 1480. The van der Waals surface area contributed by atoms with Gasteiger partial charge in [-0.1, -0.05) is 76.0 Å². The van der Waals surface area contributed by atoms with E-state index in [9.17, 15) is 24.0 Å². The van der Waals surface area contributed by atoms with E-state index >= 15 is 0 Å². The maximum atomic E-state index is 11.3. The maximum Gasteiger partial charge on any atom is 1.00 e. The molecule has 0 saturated carbocycles. The number of alkyl halides is 1. The molecule has 2 unspecified atom stereocenters. The van der Waals surface area contributed by atoms with Gasteiger partial charge in [0.1, 0.15) is 12.7 Å². The molecule has 0 aromatic heterocycles. The molecule has 0 aromatic carbocycles. The molecule has 1 heterocycles. The van der Waals surface area contributed by atoms with Crippen molar-refractivity contribution in [2.45, 2.75) is 174 Å². The molecule has 0 aliphatic carbocycles. The van der Waals surface area contributed by atoms with Crippen molar-refractivity contribution in [1.82, 2.24) is 0 Å². The molecule has 1 aliphatic heterocycles. The predicted molar refractivity (Wildman–Crippen MR) is 284 cm³/mol. The molecule has 1 rings (SSSR count). The zero-order valence-electron chi connectivity index (χ0n) is 45.1. The van der Waals surface area contributed by atoms with Crippen LogP contribution in [0.5, 0.6) is 0 Å². The van der Waals surface area contributed by atoms with Crippen LogP contribution < -0.4 is 18.9 Å². The maximum absolute atomic E-state index is 11.3. The minimum atomic E-state index is -0.487. The van der Waals surface area contributed by atoms with Gasteiger partial charge in [-0.25, -0.2) is 0 Å². The Balaban J connectivity index is -0.0000000909. The van der Waals surface area contributed by atoms with Crippen LogP contribution in [0.15, 0.2) is 12.2 Å². The number of ether oxygens (including phenoxy) is 6. The van der Waals surface area contributed by atoms with Crippen molar-refractivity contribution < 1.29 is 86.6 Å². The summed E-state index contributed by atoms with van der Waals surface area (Å²) in [5.74, 6) is 9.30. The van der Waals surface area contributed by atoms with Gasteiger partial charge < -0.3 is 50.7 Å². The second kappa shape index (κ2) is 53.5. The van der Waals surface area contributed by atoms with Crippen LogP contribution in [0.2, 0.25) is 0 Å². The average molecular weight is 1060 g/mol. The fourth-order valence-corrected chi connectivity index (χ4v) is 4.67. The van der Waals surface area contributed by atoms with Crippen LogP contribution in [0.25, 0.3) is 0 Å². The van der Waals surface area contributed by atoms with Crippen LogP contribution in [-0.4, -0.2) is 118 Å². The SMILES string of the molecule is C.C.C#CCCBr.C#CCCC(C)(C)C(=O)OC.COC(=O)C(C)(C)CC/C=C/CO.COC(=O)C(C)(C)CCC#CCO.COC(=O)C(C)(C)CCC1OC1CO.COC(=O)C(C)C.[CH2-]CCC.[Li+]. The van der Waals surface area contributed by atoms with Crippen molar-refractivity contribution in [3.63, 3.8) is 0 Å². The average Bonchev–Trinajstić information content (AvgIpc) is 4.09. The number of unbranched alkanes of at least 4 members (excludes halogenated alkanes) is 1. The molecule has 1 saturated heterocycles. The minimum Gasteiger partial charge on any atom is -0.469 e. The number of hydrogen-bond donors (Lipinski definition) is 3. The van der Waals surface area contributed by atoms with E-state index in [-0.39, 0.29) is 102 Å². The normalized spacial score (nSPS) is 12.7. The number of aliphatic hydroxyl groups excluding tert-OH is 3. The minimum absolute atomic E-state index is 0. The van der Waals surface area contributed by atoms with Crippen LogP contribution in [-0.2, 0) is 52.4 Å². The van der Waals surface area contributed by atoms with Crippen LogP contribution in [0.4, 0.5) is 0 Å². The van der Waals surface area contributed by atoms with E-state index in [0.29, 0.717) is 25.7 Å². The fraction of sp³-hybridized carbons (Fsp3) is 0.741. The van der Waals surface area contributed by atoms with E-state index in [0.717, 1.165) is 43.9 Å². The van der Waals surface area contributed by atoms with E-state index in [4.69, 9.17) is 37.6 Å². The molecule has 14 nitrogen and oxygen atoms in total. The largest absolute Gasteiger partial charge is 1.00 e. The Morgan fingerprint density at radius 2 is 1.04 bits per heavy atom. The molecular formula is C54H98BrLiO14. The Morgan fingerprint density at radius 3 is 1.30 bits per heavy atom. The van der Waals surface area contributed by atoms with Gasteiger partial charge in [-0.2, -0.15) is 6.42 Å². The van der Waals surface area contributed by atoms with Crippen LogP contribution in [0.1, 0.15) is 162 Å². The zero-order chi connectivity index (χ0) is 53.7. The number of epoxide rings is 1. The van der Waals surface area contributed by atoms with E-state index in [1.54, 1.807) is 19.9 Å². The smallest absolute Gasteiger partial charge is 0.469 e. The Hall–Kier alpha value is -3.31. The summed E-state index contributed by atoms with van der Waals surface area (Å²) >= 11 is 3.17. The number of halogens is 1. The van der Waals surface area contributed by atoms with Crippen molar-refractivity contribution in [3.8, 4) is 36.5 Å². The van der Waals surface area contributed by atoms with Gasteiger partial charge in [-0.05, 0) is 93.9 Å². The predicted octanol–water partition coefficient (Wildman–Crippen LogP) is 6.92. The van der Waals surface area contributed by atoms with Gasteiger partial charge in [-0.3, -0.25) is 24.0 Å². The Kier molecular flexibility index (Phi) is 66.1. The topological polar surface area (TPSA) is 205 Å². The summed E-state index contributed by atoms with van der Waals surface area (Å²) in [5, 5.41) is 26.5. The second-order valence-corrected chi connectivity index (χ2v) is 18.3. The first kappa shape index (κ1) is 86.5. The van der Waals surface area contributed by atoms with Gasteiger partial charge >= 0.3 is 48.7 Å². The molecule has 0 amide bonds. The molecule has 0 radical (unpaired) electrons. The monoisotopic (exact) mass is 1060 g/mol. The first-order valence-electron chi connectivity index (χ1n) is 22.4. The first-order valence-corrected chi connectivity index (χ1v) is 23.5. The van der Waals surface area contributed by atoms with Gasteiger partial charge in [-0.15, -0.1) is 30.6 Å². The van der Waals surface area contributed by atoms with E-state index < -0.39 is 21.7 Å². The van der Waals surface area contributed by atoms with Crippen LogP contribution in [0.3, 0.4) is 0 Å². The number of methoxy groups -OCH3 is 5. The Morgan fingerprint density at radius 1 is 0.657 bits per heavy atom. The number of allylic oxidation sites excluding steroid dienone is 1.